The maximum Gasteiger partial charge on any atom is 0.135 e. The van der Waals surface area contributed by atoms with E-state index in [9.17, 15) is 8.78 Å². The lowest BCUT2D eigenvalue weighted by Gasteiger charge is -2.06. The van der Waals surface area contributed by atoms with Gasteiger partial charge in [-0.05, 0) is 19.1 Å². The highest BCUT2D eigenvalue weighted by molar-refractivity contribution is 6.29. The van der Waals surface area contributed by atoms with Gasteiger partial charge in [-0.15, -0.1) is 0 Å². The van der Waals surface area contributed by atoms with Crippen LogP contribution in [0.4, 0.5) is 20.3 Å². The van der Waals surface area contributed by atoms with Crippen LogP contribution >= 0.6 is 11.6 Å². The molecule has 1 aromatic carbocycles. The highest BCUT2D eigenvalue weighted by Gasteiger charge is 2.03. The van der Waals surface area contributed by atoms with Crippen molar-refractivity contribution in [1.29, 1.82) is 0 Å². The molecule has 2 aromatic rings. The average molecular weight is 256 g/mol. The molecular weight excluding hydrogens is 248 g/mol. The van der Waals surface area contributed by atoms with Gasteiger partial charge in [0.15, 0.2) is 0 Å². The highest BCUT2D eigenvalue weighted by Crippen LogP contribution is 2.19. The molecule has 1 aromatic heterocycles. The molecule has 0 saturated carbocycles. The van der Waals surface area contributed by atoms with Crippen LogP contribution in [0.2, 0.25) is 5.15 Å². The van der Waals surface area contributed by atoms with Crippen molar-refractivity contribution in [3.63, 3.8) is 0 Å². The van der Waals surface area contributed by atoms with Gasteiger partial charge in [0.05, 0.1) is 0 Å². The quantitative estimate of drug-likeness (QED) is 0.835. The van der Waals surface area contributed by atoms with E-state index in [0.29, 0.717) is 11.6 Å². The second kappa shape index (κ2) is 4.63. The van der Waals surface area contributed by atoms with E-state index in [1.807, 2.05) is 0 Å². The number of benzene rings is 1. The van der Waals surface area contributed by atoms with Crippen molar-refractivity contribution in [2.75, 3.05) is 5.32 Å². The van der Waals surface area contributed by atoms with Gasteiger partial charge < -0.3 is 5.32 Å². The van der Waals surface area contributed by atoms with E-state index in [2.05, 4.69) is 15.3 Å². The summed E-state index contributed by atoms with van der Waals surface area (Å²) >= 11 is 5.74. The molecule has 0 unspecified atom stereocenters. The van der Waals surface area contributed by atoms with Crippen LogP contribution in [0.1, 0.15) is 5.82 Å². The fraction of sp³-hybridized carbons (Fsp3) is 0.0909. The number of nitrogens with one attached hydrogen (secondary N) is 1. The third kappa shape index (κ3) is 3.10. The number of anilines is 2. The number of hydrogen-bond donors (Lipinski definition) is 1. The Hall–Kier alpha value is -1.75. The molecule has 1 N–H and O–H groups in total. The van der Waals surface area contributed by atoms with Crippen LogP contribution in [0.5, 0.6) is 0 Å². The Morgan fingerprint density at radius 1 is 1.06 bits per heavy atom. The first kappa shape index (κ1) is 11.7. The number of hydrogen-bond acceptors (Lipinski definition) is 3. The van der Waals surface area contributed by atoms with Gasteiger partial charge in [-0.1, -0.05) is 11.6 Å². The summed E-state index contributed by atoms with van der Waals surface area (Å²) in [6, 6.07) is 4.59. The third-order valence-electron chi connectivity index (χ3n) is 1.94. The minimum atomic E-state index is -0.663. The predicted octanol–water partition coefficient (Wildman–Crippen LogP) is 3.46. The second-order valence-corrected chi connectivity index (χ2v) is 3.79. The van der Waals surface area contributed by atoms with Gasteiger partial charge in [-0.25, -0.2) is 18.7 Å². The number of halogens is 3. The minimum absolute atomic E-state index is 0.261. The molecule has 2 rings (SSSR count). The van der Waals surface area contributed by atoms with Crippen molar-refractivity contribution >= 4 is 23.1 Å². The van der Waals surface area contributed by atoms with E-state index in [0.717, 1.165) is 18.2 Å². The lowest BCUT2D eigenvalue weighted by molar-refractivity contribution is 0.584. The predicted molar refractivity (Wildman–Crippen MR) is 61.4 cm³/mol. The van der Waals surface area contributed by atoms with Gasteiger partial charge in [0, 0.05) is 17.8 Å². The molecule has 0 fully saturated rings. The highest BCUT2D eigenvalue weighted by atomic mass is 35.5. The molecule has 0 radical (unpaired) electrons. The fourth-order valence-corrected chi connectivity index (χ4v) is 1.59. The molecule has 0 aliphatic carbocycles. The molecule has 0 saturated heterocycles. The number of aryl methyl sites for hydroxylation is 1. The standard InChI is InChI=1S/C11H8ClF2N3/c1-6-15-10(12)5-11(16-6)17-9-3-7(13)2-8(14)4-9/h2-5H,1H3,(H,15,16,17). The van der Waals surface area contributed by atoms with Crippen LogP contribution in [0.3, 0.4) is 0 Å². The Labute approximate surface area is 101 Å². The summed E-state index contributed by atoms with van der Waals surface area (Å²) in [6.45, 7) is 1.67. The normalized spacial score (nSPS) is 10.4. The van der Waals surface area contributed by atoms with E-state index < -0.39 is 11.6 Å². The molecule has 0 atom stereocenters. The van der Waals surface area contributed by atoms with E-state index in [1.165, 1.54) is 6.07 Å². The van der Waals surface area contributed by atoms with Crippen LogP contribution in [0.25, 0.3) is 0 Å². The van der Waals surface area contributed by atoms with E-state index in [4.69, 9.17) is 11.6 Å². The van der Waals surface area contributed by atoms with Crippen LogP contribution in [0.15, 0.2) is 24.3 Å². The minimum Gasteiger partial charge on any atom is -0.340 e. The number of rotatable bonds is 2. The summed E-state index contributed by atoms with van der Waals surface area (Å²) in [7, 11) is 0. The Kier molecular flexibility index (Phi) is 3.19. The number of nitrogens with zero attached hydrogens (tertiary/aromatic N) is 2. The topological polar surface area (TPSA) is 37.8 Å². The molecular formula is C11H8ClF2N3. The first-order valence-corrected chi connectivity index (χ1v) is 5.15. The molecule has 0 amide bonds. The Balaban J connectivity index is 2.31. The fourth-order valence-electron chi connectivity index (χ4n) is 1.37. The largest absolute Gasteiger partial charge is 0.340 e. The van der Waals surface area contributed by atoms with Gasteiger partial charge in [0.1, 0.15) is 28.4 Å². The molecule has 1 heterocycles. The maximum absolute atomic E-state index is 13.0. The van der Waals surface area contributed by atoms with Gasteiger partial charge in [-0.3, -0.25) is 0 Å². The summed E-state index contributed by atoms with van der Waals surface area (Å²) in [5.74, 6) is -0.474. The first-order chi connectivity index (χ1) is 8.02. The van der Waals surface area contributed by atoms with Gasteiger partial charge in [-0.2, -0.15) is 0 Å². The van der Waals surface area contributed by atoms with Crippen molar-refractivity contribution in [3.8, 4) is 0 Å². The lowest BCUT2D eigenvalue weighted by atomic mass is 10.3. The SMILES string of the molecule is Cc1nc(Cl)cc(Nc2cc(F)cc(F)c2)n1. The molecule has 6 heteroatoms. The Bertz CT molecular complexity index is 470. The van der Waals surface area contributed by atoms with Crippen LogP contribution in [-0.2, 0) is 0 Å². The van der Waals surface area contributed by atoms with Crippen molar-refractivity contribution in [2.45, 2.75) is 6.92 Å². The van der Waals surface area contributed by atoms with Gasteiger partial charge >= 0.3 is 0 Å². The lowest BCUT2D eigenvalue weighted by Crippen LogP contribution is -1.98. The monoisotopic (exact) mass is 255 g/mol. The zero-order valence-electron chi connectivity index (χ0n) is 8.84. The van der Waals surface area contributed by atoms with E-state index in [-0.39, 0.29) is 10.8 Å². The third-order valence-corrected chi connectivity index (χ3v) is 2.14. The summed E-state index contributed by atoms with van der Waals surface area (Å²) < 4.78 is 25.9. The van der Waals surface area contributed by atoms with Crippen molar-refractivity contribution in [1.82, 2.24) is 9.97 Å². The molecule has 0 aliphatic rings. The summed E-state index contributed by atoms with van der Waals surface area (Å²) in [5.41, 5.74) is 0.261. The maximum atomic E-state index is 13.0. The summed E-state index contributed by atoms with van der Waals surface area (Å²) in [4.78, 5) is 7.91. The zero-order chi connectivity index (χ0) is 12.4. The zero-order valence-corrected chi connectivity index (χ0v) is 9.59. The number of aromatic nitrogens is 2. The summed E-state index contributed by atoms with van der Waals surface area (Å²) in [6.07, 6.45) is 0. The van der Waals surface area contributed by atoms with Crippen molar-refractivity contribution < 1.29 is 8.78 Å². The Morgan fingerprint density at radius 3 is 2.29 bits per heavy atom. The molecule has 17 heavy (non-hydrogen) atoms. The molecule has 88 valence electrons. The van der Waals surface area contributed by atoms with E-state index in [1.54, 1.807) is 6.92 Å². The average Bonchev–Trinajstić information content (AvgIpc) is 2.13. The smallest absolute Gasteiger partial charge is 0.135 e. The van der Waals surface area contributed by atoms with Crippen LogP contribution < -0.4 is 5.32 Å². The first-order valence-electron chi connectivity index (χ1n) is 4.77. The Morgan fingerprint density at radius 2 is 1.71 bits per heavy atom. The van der Waals surface area contributed by atoms with Crippen molar-refractivity contribution in [3.05, 3.63) is 46.9 Å². The second-order valence-electron chi connectivity index (χ2n) is 3.41. The summed E-state index contributed by atoms with van der Waals surface area (Å²) in [5, 5.41) is 3.01. The molecule has 0 spiro atoms. The molecule has 0 bridgehead atoms. The van der Waals surface area contributed by atoms with Crippen molar-refractivity contribution in [2.24, 2.45) is 0 Å². The van der Waals surface area contributed by atoms with Gasteiger partial charge in [0.25, 0.3) is 0 Å². The van der Waals surface area contributed by atoms with Crippen LogP contribution in [0, 0.1) is 18.6 Å². The molecule has 3 nitrogen and oxygen atoms in total. The molecule has 0 aliphatic heterocycles. The van der Waals surface area contributed by atoms with Gasteiger partial charge in [0.2, 0.25) is 0 Å². The van der Waals surface area contributed by atoms with E-state index >= 15 is 0 Å². The van der Waals surface area contributed by atoms with Crippen LogP contribution in [-0.4, -0.2) is 9.97 Å².